The Kier molecular flexibility index (Phi) is 25.7. The summed E-state index contributed by atoms with van der Waals surface area (Å²) in [5.74, 6) is -4.53. The highest BCUT2D eigenvalue weighted by Gasteiger charge is 2.36. The third kappa shape index (κ3) is 23.1. The summed E-state index contributed by atoms with van der Waals surface area (Å²) >= 11 is 2.87. The first kappa shape index (κ1) is 66.2. The van der Waals surface area contributed by atoms with Crippen molar-refractivity contribution in [1.82, 2.24) is 20.6 Å². The van der Waals surface area contributed by atoms with Gasteiger partial charge in [0, 0.05) is 55.0 Å². The number of hydrogen-bond acceptors (Lipinski definition) is 19. The van der Waals surface area contributed by atoms with Crippen molar-refractivity contribution in [2.45, 2.75) is 186 Å². The number of thiazole rings is 2. The fourth-order valence-corrected chi connectivity index (χ4v) is 8.54. The second-order valence-corrected chi connectivity index (χ2v) is 24.5. The summed E-state index contributed by atoms with van der Waals surface area (Å²) in [6.07, 6.45) is -2.21. The molecule has 2 aromatic heterocycles. The number of carbonyl (C=O) groups excluding carboxylic acids is 6. The number of nitrogens with zero attached hydrogens (tertiary/aromatic N) is 2. The monoisotopic (exact) mass is 1120 g/mol. The molecule has 2 aromatic carbocycles. The quantitative estimate of drug-likeness (QED) is 0.0317. The standard InChI is InChI=1S/C33H48N2O8S.C25H34N2O6S/c1-11-26(43-31(39)33(8,9)10)42-29(37)25(18-23-19-44-27(34-23)22-15-13-12-14-16-22)35-24(17-20(2)3)28(36)40-21(4)41-30(38)32(5,6)7;1-15(2)12-20(23(30)32-16(3)33-24(31)25(4,5)6)27-19(22(28)29)13-18-14-34-21(26-18)17-10-8-7-9-11-17/h12-16,19-21,24-26,35H,11,17-18H2,1-10H3;7-11,14-16,19-20,27H,12-13H2,1-6H3,(H,28,29)/t21?,24-,25-,26?;16?,19-,20-/m00/s1. The van der Waals surface area contributed by atoms with Crippen molar-refractivity contribution in [3.63, 3.8) is 0 Å². The molecule has 18 nitrogen and oxygen atoms in total. The molecule has 0 radical (unpaired) electrons. The van der Waals surface area contributed by atoms with Gasteiger partial charge in [0.05, 0.1) is 27.6 Å². The van der Waals surface area contributed by atoms with E-state index >= 15 is 0 Å². The lowest BCUT2D eigenvalue weighted by atomic mass is 9.97. The molecule has 0 bridgehead atoms. The molecular weight excluding hydrogens is 1040 g/mol. The minimum Gasteiger partial charge on any atom is -0.480 e. The topological polar surface area (TPSA) is 245 Å². The molecule has 0 saturated heterocycles. The first-order valence-corrected chi connectivity index (χ1v) is 28.0. The molecule has 78 heavy (non-hydrogen) atoms. The summed E-state index contributed by atoms with van der Waals surface area (Å²) in [6, 6.07) is 15.4. The van der Waals surface area contributed by atoms with E-state index in [0.29, 0.717) is 24.2 Å². The van der Waals surface area contributed by atoms with E-state index in [-0.39, 0.29) is 31.1 Å². The molecule has 430 valence electrons. The number of carboxylic acid groups (broad SMARTS) is 1. The van der Waals surface area contributed by atoms with Crippen LogP contribution in [-0.4, -0.2) is 99.9 Å². The van der Waals surface area contributed by atoms with Crippen LogP contribution < -0.4 is 10.6 Å². The SMILES string of the molecule is CC(C)C[C@H](N[C@@H](Cc1csc(-c2ccccc2)n1)C(=O)O)C(=O)OC(C)OC(=O)C(C)(C)C.CCC(OC(=O)[C@H](Cc1csc(-c2ccccc2)n1)N[C@@H](CC(C)C)C(=O)OC(C)OC(=O)C(C)(C)C)OC(=O)C(C)(C)C. The van der Waals surface area contributed by atoms with Gasteiger partial charge in [-0.1, -0.05) is 95.3 Å². The number of carbonyl (C=O) groups is 7. The molecule has 0 aliphatic rings. The minimum absolute atomic E-state index is 0.0456. The Morgan fingerprint density at radius 1 is 0.500 bits per heavy atom. The molecule has 0 amide bonds. The highest BCUT2D eigenvalue weighted by molar-refractivity contribution is 7.13. The molecule has 0 spiro atoms. The van der Waals surface area contributed by atoms with E-state index in [4.69, 9.17) is 33.4 Å². The van der Waals surface area contributed by atoms with Crippen molar-refractivity contribution in [2.75, 3.05) is 0 Å². The summed E-state index contributed by atoms with van der Waals surface area (Å²) < 4.78 is 32.4. The Morgan fingerprint density at radius 2 is 0.846 bits per heavy atom. The predicted octanol–water partition coefficient (Wildman–Crippen LogP) is 10.4. The van der Waals surface area contributed by atoms with Gasteiger partial charge in [0.1, 0.15) is 34.2 Å². The Morgan fingerprint density at radius 3 is 1.19 bits per heavy atom. The zero-order chi connectivity index (χ0) is 58.7. The second kappa shape index (κ2) is 30.3. The number of ether oxygens (including phenoxy) is 6. The fourth-order valence-electron chi connectivity index (χ4n) is 6.86. The Balaban J connectivity index is 0.000000424. The lowest BCUT2D eigenvalue weighted by molar-refractivity contribution is -0.196. The van der Waals surface area contributed by atoms with Crippen LogP contribution in [-0.2, 0) is 74.8 Å². The third-order valence-corrected chi connectivity index (χ3v) is 13.0. The van der Waals surface area contributed by atoms with Gasteiger partial charge in [-0.3, -0.25) is 44.2 Å². The van der Waals surface area contributed by atoms with Gasteiger partial charge in [0.15, 0.2) is 0 Å². The number of carboxylic acids is 1. The van der Waals surface area contributed by atoms with E-state index in [2.05, 4.69) is 15.6 Å². The smallest absolute Gasteiger partial charge is 0.326 e. The molecular formula is C58H82N4O14S2. The third-order valence-electron chi connectivity index (χ3n) is 11.1. The number of rotatable bonds is 25. The summed E-state index contributed by atoms with van der Waals surface area (Å²) in [7, 11) is 0. The Labute approximate surface area is 468 Å². The molecule has 7 atom stereocenters. The van der Waals surface area contributed by atoms with Gasteiger partial charge in [-0.15, -0.1) is 22.7 Å². The van der Waals surface area contributed by atoms with Crippen molar-refractivity contribution in [3.05, 3.63) is 82.8 Å². The van der Waals surface area contributed by atoms with E-state index in [9.17, 15) is 38.7 Å². The van der Waals surface area contributed by atoms with Crippen LogP contribution in [0.2, 0.25) is 0 Å². The van der Waals surface area contributed by atoms with Gasteiger partial charge in [-0.05, 0) is 87.0 Å². The van der Waals surface area contributed by atoms with Gasteiger partial charge in [0.25, 0.3) is 0 Å². The van der Waals surface area contributed by atoms with Crippen molar-refractivity contribution in [1.29, 1.82) is 0 Å². The highest BCUT2D eigenvalue weighted by Crippen LogP contribution is 2.27. The van der Waals surface area contributed by atoms with E-state index in [0.717, 1.165) is 21.1 Å². The predicted molar refractivity (Wildman–Crippen MR) is 298 cm³/mol. The van der Waals surface area contributed by atoms with Crippen LogP contribution in [0.3, 0.4) is 0 Å². The van der Waals surface area contributed by atoms with Crippen LogP contribution in [0.15, 0.2) is 71.4 Å². The fraction of sp³-hybridized carbons (Fsp3) is 0.569. The second-order valence-electron chi connectivity index (χ2n) is 22.8. The van der Waals surface area contributed by atoms with Crippen molar-refractivity contribution in [3.8, 4) is 21.1 Å². The van der Waals surface area contributed by atoms with Crippen molar-refractivity contribution < 1.29 is 67.1 Å². The normalized spacial score (nSPS) is 14.5. The molecule has 0 aliphatic carbocycles. The molecule has 20 heteroatoms. The van der Waals surface area contributed by atoms with Gasteiger partial charge >= 0.3 is 41.8 Å². The minimum atomic E-state index is -1.13. The van der Waals surface area contributed by atoms with Crippen LogP contribution >= 0.6 is 22.7 Å². The lowest BCUT2D eigenvalue weighted by Crippen LogP contribution is -2.51. The van der Waals surface area contributed by atoms with Gasteiger partial charge < -0.3 is 33.5 Å². The van der Waals surface area contributed by atoms with E-state index in [1.165, 1.54) is 36.5 Å². The number of nitrogens with one attached hydrogen (secondary N) is 2. The average Bonchev–Trinajstić information content (AvgIpc) is 4.02. The lowest BCUT2D eigenvalue weighted by Gasteiger charge is -2.28. The Bertz CT molecular complexity index is 2560. The van der Waals surface area contributed by atoms with Crippen LogP contribution in [0, 0.1) is 28.1 Å². The highest BCUT2D eigenvalue weighted by atomic mass is 32.1. The van der Waals surface area contributed by atoms with Crippen LogP contribution in [0.1, 0.15) is 141 Å². The number of hydrogen-bond donors (Lipinski definition) is 3. The van der Waals surface area contributed by atoms with Crippen molar-refractivity contribution in [2.24, 2.45) is 28.1 Å². The van der Waals surface area contributed by atoms with Crippen LogP contribution in [0.25, 0.3) is 21.1 Å². The molecule has 4 aromatic rings. The summed E-state index contributed by atoms with van der Waals surface area (Å²) in [5, 5.41) is 21.1. The summed E-state index contributed by atoms with van der Waals surface area (Å²) in [6.45, 7) is 27.7. The summed E-state index contributed by atoms with van der Waals surface area (Å²) in [5.41, 5.74) is 0.834. The Hall–Kier alpha value is -6.09. The van der Waals surface area contributed by atoms with Gasteiger partial charge in [-0.25, -0.2) is 9.97 Å². The van der Waals surface area contributed by atoms with Crippen LogP contribution in [0.4, 0.5) is 0 Å². The molecule has 4 rings (SSSR count). The zero-order valence-corrected chi connectivity index (χ0v) is 49.8. The first-order chi connectivity index (χ1) is 36.3. The van der Waals surface area contributed by atoms with E-state index < -0.39 is 101 Å². The van der Waals surface area contributed by atoms with Crippen molar-refractivity contribution >= 4 is 64.5 Å². The number of benzene rings is 2. The number of aromatic nitrogens is 2. The van der Waals surface area contributed by atoms with E-state index in [1.807, 2.05) is 99.1 Å². The number of aliphatic carboxylic acids is 1. The number of esters is 6. The molecule has 0 fully saturated rings. The average molecular weight is 1120 g/mol. The molecule has 0 saturated carbocycles. The molecule has 2 heterocycles. The van der Waals surface area contributed by atoms with Crippen LogP contribution in [0.5, 0.6) is 0 Å². The molecule has 3 unspecified atom stereocenters. The van der Waals surface area contributed by atoms with Gasteiger partial charge in [-0.2, -0.15) is 0 Å². The molecule has 0 aliphatic heterocycles. The van der Waals surface area contributed by atoms with E-state index in [1.54, 1.807) is 69.2 Å². The maximum Gasteiger partial charge on any atom is 0.326 e. The van der Waals surface area contributed by atoms with Gasteiger partial charge in [0.2, 0.25) is 18.9 Å². The maximum absolute atomic E-state index is 13.6. The summed E-state index contributed by atoms with van der Waals surface area (Å²) in [4.78, 5) is 98.0. The first-order valence-electron chi connectivity index (χ1n) is 26.3. The maximum atomic E-state index is 13.6. The zero-order valence-electron chi connectivity index (χ0n) is 48.1. The largest absolute Gasteiger partial charge is 0.480 e. The molecule has 3 N–H and O–H groups in total.